The van der Waals surface area contributed by atoms with Crippen molar-refractivity contribution in [2.45, 2.75) is 25.0 Å². The van der Waals surface area contributed by atoms with E-state index < -0.39 is 7.12 Å². The maximum atomic E-state index is 6.98. The Morgan fingerprint density at radius 3 is 2.30 bits per heavy atom. The topological polar surface area (TPSA) is 21.7 Å². The summed E-state index contributed by atoms with van der Waals surface area (Å²) in [5, 5.41) is 0. The summed E-state index contributed by atoms with van der Waals surface area (Å²) in [5.74, 6) is 0.210. The highest BCUT2D eigenvalue weighted by Gasteiger charge is 2.55. The second-order valence-electron chi connectivity index (χ2n) is 8.65. The lowest BCUT2D eigenvalue weighted by atomic mass is 9.64. The molecule has 2 saturated heterocycles. The summed E-state index contributed by atoms with van der Waals surface area (Å²) in [6, 6.07) is 29.8. The van der Waals surface area contributed by atoms with Crippen molar-refractivity contribution >= 4 is 12.6 Å². The van der Waals surface area contributed by atoms with Crippen molar-refractivity contribution in [3.8, 4) is 0 Å². The molecule has 2 fully saturated rings. The van der Waals surface area contributed by atoms with Gasteiger partial charge in [-0.05, 0) is 37.0 Å². The van der Waals surface area contributed by atoms with Gasteiger partial charge in [-0.3, -0.25) is 0 Å². The van der Waals surface area contributed by atoms with Crippen LogP contribution in [0, 0.1) is 12.8 Å². The lowest BCUT2D eigenvalue weighted by Crippen LogP contribution is -2.61. The number of benzene rings is 3. The maximum absolute atomic E-state index is 6.98. The van der Waals surface area contributed by atoms with E-state index in [2.05, 4.69) is 104 Å². The second kappa shape index (κ2) is 8.03. The van der Waals surface area contributed by atoms with Crippen LogP contribution in [0.5, 0.6) is 0 Å². The van der Waals surface area contributed by atoms with Crippen LogP contribution in [0.3, 0.4) is 0 Å². The Morgan fingerprint density at radius 2 is 1.57 bits per heavy atom. The Balaban J connectivity index is 1.66. The minimum atomic E-state index is -0.392. The van der Waals surface area contributed by atoms with Crippen molar-refractivity contribution in [1.82, 2.24) is 4.90 Å². The second-order valence-corrected chi connectivity index (χ2v) is 8.65. The molecule has 0 aromatic heterocycles. The van der Waals surface area contributed by atoms with Crippen molar-refractivity contribution in [1.29, 1.82) is 0 Å². The van der Waals surface area contributed by atoms with Gasteiger partial charge in [0.25, 0.3) is 0 Å². The predicted octanol–water partition coefficient (Wildman–Crippen LogP) is 4.33. The van der Waals surface area contributed by atoms with Crippen LogP contribution in [0.1, 0.15) is 29.2 Å². The van der Waals surface area contributed by atoms with Gasteiger partial charge in [0.2, 0.25) is 0 Å². The number of piperidine rings is 1. The van der Waals surface area contributed by atoms with Gasteiger partial charge in [-0.15, -0.1) is 0 Å². The zero-order valence-electron chi connectivity index (χ0n) is 17.7. The molecule has 152 valence electrons. The first kappa shape index (κ1) is 19.6. The van der Waals surface area contributed by atoms with E-state index in [9.17, 15) is 0 Å². The predicted molar refractivity (Wildman–Crippen MR) is 122 cm³/mol. The van der Waals surface area contributed by atoms with Crippen LogP contribution in [0.4, 0.5) is 0 Å². The molecule has 4 heteroatoms. The van der Waals surface area contributed by atoms with Gasteiger partial charge in [-0.1, -0.05) is 90.5 Å². The average molecular weight is 397 g/mol. The highest BCUT2D eigenvalue weighted by Crippen LogP contribution is 2.51. The zero-order valence-corrected chi connectivity index (χ0v) is 17.7. The Labute approximate surface area is 179 Å². The van der Waals surface area contributed by atoms with E-state index in [1.807, 2.05) is 0 Å². The van der Waals surface area contributed by atoms with E-state index in [0.717, 1.165) is 25.0 Å². The van der Waals surface area contributed by atoms with Crippen LogP contribution in [0.2, 0.25) is 0 Å². The van der Waals surface area contributed by atoms with Crippen molar-refractivity contribution < 1.29 is 9.31 Å². The Hall–Kier alpha value is -2.40. The average Bonchev–Trinajstić information content (AvgIpc) is 2.80. The van der Waals surface area contributed by atoms with Crippen LogP contribution in [-0.2, 0) is 14.9 Å². The molecule has 3 aromatic rings. The van der Waals surface area contributed by atoms with E-state index in [1.54, 1.807) is 0 Å². The Bertz CT molecular complexity index is 996. The first-order valence-corrected chi connectivity index (χ1v) is 10.9. The largest absolute Gasteiger partial charge is 0.495 e. The molecule has 3 unspecified atom stereocenters. The third kappa shape index (κ3) is 3.39. The van der Waals surface area contributed by atoms with Crippen LogP contribution < -0.4 is 5.46 Å². The molecule has 0 saturated carbocycles. The minimum absolute atomic E-state index is 0.0347. The summed E-state index contributed by atoms with van der Waals surface area (Å²) in [7, 11) is 1.81. The quantitative estimate of drug-likeness (QED) is 0.615. The molecule has 0 aliphatic carbocycles. The van der Waals surface area contributed by atoms with E-state index in [-0.39, 0.29) is 17.6 Å². The molecule has 0 N–H and O–H groups in total. The normalized spacial score (nSPS) is 26.9. The molecule has 0 spiro atoms. The molecule has 3 atom stereocenters. The molecule has 30 heavy (non-hydrogen) atoms. The Kier molecular flexibility index (Phi) is 5.24. The monoisotopic (exact) mass is 397 g/mol. The number of nitrogens with zero attached hydrogens (tertiary/aromatic N) is 1. The van der Waals surface area contributed by atoms with Gasteiger partial charge in [-0.2, -0.15) is 0 Å². The highest BCUT2D eigenvalue weighted by molar-refractivity contribution is 6.62. The first-order chi connectivity index (χ1) is 14.7. The van der Waals surface area contributed by atoms with Gasteiger partial charge in [0.05, 0.1) is 11.7 Å². The van der Waals surface area contributed by atoms with Gasteiger partial charge in [0, 0.05) is 19.0 Å². The maximum Gasteiger partial charge on any atom is 0.495 e. The van der Waals surface area contributed by atoms with Crippen molar-refractivity contribution in [2.24, 2.45) is 5.92 Å². The fraction of sp³-hybridized carbons (Fsp3) is 0.308. The molecule has 2 aliphatic heterocycles. The van der Waals surface area contributed by atoms with Crippen molar-refractivity contribution in [3.05, 3.63) is 102 Å². The SMILES string of the molecule is Cc1ccccc1B1OC(c2ccccc2)C2CN(C)CCC2(c2ccccc2)O1. The molecule has 0 radical (unpaired) electrons. The van der Waals surface area contributed by atoms with Gasteiger partial charge in [0.15, 0.2) is 0 Å². The fourth-order valence-corrected chi connectivity index (χ4v) is 5.14. The van der Waals surface area contributed by atoms with Crippen LogP contribution >= 0.6 is 0 Å². The van der Waals surface area contributed by atoms with Gasteiger partial charge < -0.3 is 14.2 Å². The first-order valence-electron chi connectivity index (χ1n) is 10.9. The molecule has 2 aliphatic rings. The number of hydrogen-bond donors (Lipinski definition) is 0. The summed E-state index contributed by atoms with van der Waals surface area (Å²) in [5.41, 5.74) is 4.42. The molecule has 2 heterocycles. The van der Waals surface area contributed by atoms with Gasteiger partial charge in [0.1, 0.15) is 0 Å². The minimum Gasteiger partial charge on any atom is -0.400 e. The summed E-state index contributed by atoms with van der Waals surface area (Å²) in [6.45, 7) is 4.08. The van der Waals surface area contributed by atoms with E-state index in [4.69, 9.17) is 9.31 Å². The third-order valence-corrected chi connectivity index (χ3v) is 6.76. The molecular weight excluding hydrogens is 369 g/mol. The third-order valence-electron chi connectivity index (χ3n) is 6.76. The zero-order chi connectivity index (χ0) is 20.6. The van der Waals surface area contributed by atoms with Gasteiger partial charge in [-0.25, -0.2) is 0 Å². The van der Waals surface area contributed by atoms with Crippen LogP contribution in [-0.4, -0.2) is 32.2 Å². The number of aryl methyl sites for hydroxylation is 1. The fourth-order valence-electron chi connectivity index (χ4n) is 5.14. The molecule has 0 bridgehead atoms. The van der Waals surface area contributed by atoms with Gasteiger partial charge >= 0.3 is 7.12 Å². The number of hydrogen-bond acceptors (Lipinski definition) is 3. The number of fused-ring (bicyclic) bond motifs is 1. The highest BCUT2D eigenvalue weighted by atomic mass is 16.6. The molecule has 3 aromatic carbocycles. The van der Waals surface area contributed by atoms with Crippen molar-refractivity contribution in [2.75, 3.05) is 20.1 Å². The number of rotatable bonds is 3. The standard InChI is InChI=1S/C26H28BNO2/c1-20-11-9-10-16-24(20)27-29-25(21-12-5-3-6-13-21)23-19-28(2)18-17-26(23,30-27)22-14-7-4-8-15-22/h3-16,23,25H,17-19H2,1-2H3. The summed E-state index contributed by atoms with van der Waals surface area (Å²) in [6.07, 6.45) is 0.917. The lowest BCUT2D eigenvalue weighted by Gasteiger charge is -2.55. The summed E-state index contributed by atoms with van der Waals surface area (Å²) in [4.78, 5) is 2.41. The molecule has 3 nitrogen and oxygen atoms in total. The van der Waals surface area contributed by atoms with Crippen LogP contribution in [0.15, 0.2) is 84.9 Å². The van der Waals surface area contributed by atoms with E-state index >= 15 is 0 Å². The lowest BCUT2D eigenvalue weighted by molar-refractivity contribution is -0.147. The van der Waals surface area contributed by atoms with Crippen molar-refractivity contribution in [3.63, 3.8) is 0 Å². The van der Waals surface area contributed by atoms with E-state index in [0.29, 0.717) is 0 Å². The smallest absolute Gasteiger partial charge is 0.400 e. The molecule has 5 rings (SSSR count). The van der Waals surface area contributed by atoms with Crippen LogP contribution in [0.25, 0.3) is 0 Å². The summed E-state index contributed by atoms with van der Waals surface area (Å²) >= 11 is 0. The molecule has 0 amide bonds. The molecular formula is C26H28BNO2. The number of likely N-dealkylation sites (tertiary alicyclic amines) is 1. The summed E-state index contributed by atoms with van der Waals surface area (Å²) < 4.78 is 13.7. The Morgan fingerprint density at radius 1 is 0.900 bits per heavy atom. The van der Waals surface area contributed by atoms with E-state index in [1.165, 1.54) is 16.7 Å².